The summed E-state index contributed by atoms with van der Waals surface area (Å²) in [6.07, 6.45) is 4.77. The van der Waals surface area contributed by atoms with Crippen molar-refractivity contribution in [3.8, 4) is 5.75 Å². The van der Waals surface area contributed by atoms with E-state index >= 15 is 0 Å². The van der Waals surface area contributed by atoms with Gasteiger partial charge in [0, 0.05) is 0 Å². The van der Waals surface area contributed by atoms with Crippen LogP contribution in [-0.2, 0) is 0 Å². The highest BCUT2D eigenvalue weighted by atomic mass is 28.2. The van der Waals surface area contributed by atoms with Crippen molar-refractivity contribution in [1.82, 2.24) is 0 Å². The molecule has 0 aliphatic heterocycles. The first-order valence-electron chi connectivity index (χ1n) is 9.03. The number of unbranched alkanes of at least 4 members (excludes halogenated alkanes) is 1. The van der Waals surface area contributed by atoms with Crippen LogP contribution >= 0.6 is 0 Å². The highest BCUT2D eigenvalue weighted by molar-refractivity contribution is 6.87. The van der Waals surface area contributed by atoms with E-state index in [-0.39, 0.29) is 5.41 Å². The lowest BCUT2D eigenvalue weighted by Crippen LogP contribution is -2.24. The zero-order chi connectivity index (χ0) is 17.2. The van der Waals surface area contributed by atoms with Crippen molar-refractivity contribution in [3.63, 3.8) is 0 Å². The van der Waals surface area contributed by atoms with Gasteiger partial charge < -0.3 is 9.53 Å². The molecule has 2 rings (SSSR count). The second-order valence-electron chi connectivity index (χ2n) is 6.31. The van der Waals surface area contributed by atoms with Gasteiger partial charge in [0.1, 0.15) is 20.7 Å². The number of para-hydroxylation sites is 1. The summed E-state index contributed by atoms with van der Waals surface area (Å²) in [6, 6.07) is 17.8. The summed E-state index contributed by atoms with van der Waals surface area (Å²) in [4.78, 5) is 12.7. The Hall–Kier alpha value is -1.87. The molecule has 0 bridgehead atoms. The minimum atomic E-state index is -0.980. The van der Waals surface area contributed by atoms with Gasteiger partial charge in [-0.15, -0.1) is 0 Å². The van der Waals surface area contributed by atoms with E-state index in [1.165, 1.54) is 24.4 Å². The van der Waals surface area contributed by atoms with Gasteiger partial charge in [0.15, 0.2) is 0 Å². The van der Waals surface area contributed by atoms with E-state index < -0.39 is 9.52 Å². The summed E-state index contributed by atoms with van der Waals surface area (Å²) >= 11 is 0. The molecule has 24 heavy (non-hydrogen) atoms. The average molecular weight is 341 g/mol. The Kier molecular flexibility index (Phi) is 7.76. The molecule has 2 aromatic carbocycles. The number of rotatable bonds is 10. The molecular formula is C21H28O2Si. The zero-order valence-electron chi connectivity index (χ0n) is 14.8. The Morgan fingerprint density at radius 2 is 1.75 bits per heavy atom. The molecule has 0 heterocycles. The number of benzene rings is 2. The molecule has 0 spiro atoms. The highest BCUT2D eigenvalue weighted by Gasteiger charge is 2.14. The highest BCUT2D eigenvalue weighted by Crippen LogP contribution is 2.21. The van der Waals surface area contributed by atoms with Gasteiger partial charge >= 0.3 is 0 Å². The van der Waals surface area contributed by atoms with E-state index in [2.05, 4.69) is 13.8 Å². The summed E-state index contributed by atoms with van der Waals surface area (Å²) in [5.74, 6) is 1.32. The van der Waals surface area contributed by atoms with Crippen molar-refractivity contribution in [3.05, 3.63) is 60.2 Å². The van der Waals surface area contributed by atoms with Crippen molar-refractivity contribution in [1.29, 1.82) is 0 Å². The summed E-state index contributed by atoms with van der Waals surface area (Å²) in [6.45, 7) is 5.13. The van der Waals surface area contributed by atoms with Gasteiger partial charge in [0.05, 0.1) is 12.2 Å². The van der Waals surface area contributed by atoms with Crippen LogP contribution in [0.15, 0.2) is 54.6 Å². The van der Waals surface area contributed by atoms with E-state index in [1.54, 1.807) is 0 Å². The molecule has 0 aliphatic carbocycles. The van der Waals surface area contributed by atoms with Crippen molar-refractivity contribution in [2.75, 3.05) is 6.61 Å². The topological polar surface area (TPSA) is 26.3 Å². The summed E-state index contributed by atoms with van der Waals surface area (Å²) in [5.41, 5.74) is 0.748. The molecule has 0 aliphatic rings. The molecule has 0 N–H and O–H groups in total. The first kappa shape index (κ1) is 18.5. The van der Waals surface area contributed by atoms with E-state index in [1.807, 2.05) is 54.6 Å². The van der Waals surface area contributed by atoms with Gasteiger partial charge in [0.25, 0.3) is 0 Å². The molecule has 0 saturated heterocycles. The second-order valence-corrected chi connectivity index (χ2v) is 8.12. The minimum Gasteiger partial charge on any atom is -0.493 e. The van der Waals surface area contributed by atoms with Crippen molar-refractivity contribution < 1.29 is 9.53 Å². The van der Waals surface area contributed by atoms with Crippen LogP contribution in [0, 0.1) is 5.92 Å². The van der Waals surface area contributed by atoms with Gasteiger partial charge in [-0.1, -0.05) is 80.8 Å². The maximum absolute atomic E-state index is 12.7. The Balaban J connectivity index is 2.02. The molecule has 0 amide bonds. The minimum absolute atomic E-state index is 0.249. The predicted octanol–water partition coefficient (Wildman–Crippen LogP) is 3.92. The van der Waals surface area contributed by atoms with Crippen LogP contribution in [0.25, 0.3) is 0 Å². The predicted molar refractivity (Wildman–Crippen MR) is 104 cm³/mol. The molecular weight excluding hydrogens is 312 g/mol. The molecule has 0 radical (unpaired) electrons. The molecule has 0 aromatic heterocycles. The lowest BCUT2D eigenvalue weighted by atomic mass is 10.0. The average Bonchev–Trinajstić information content (AvgIpc) is 2.63. The van der Waals surface area contributed by atoms with E-state index in [0.29, 0.717) is 12.5 Å². The lowest BCUT2D eigenvalue weighted by molar-refractivity contribution is 0.107. The van der Waals surface area contributed by atoms with Gasteiger partial charge in [-0.05, 0) is 24.5 Å². The smallest absolute Gasteiger partial charge is 0.141 e. The van der Waals surface area contributed by atoms with Crippen molar-refractivity contribution >= 4 is 20.1 Å². The van der Waals surface area contributed by atoms with Crippen LogP contribution in [-0.4, -0.2) is 21.5 Å². The molecule has 0 saturated carbocycles. The Morgan fingerprint density at radius 3 is 2.46 bits per heavy atom. The SMILES string of the molecule is CCCCC(CC)COc1ccccc1C(=O)[SiH2]c1ccccc1. The zero-order valence-corrected chi connectivity index (χ0v) is 16.2. The molecule has 3 heteroatoms. The third kappa shape index (κ3) is 5.64. The van der Waals surface area contributed by atoms with Crippen LogP contribution in [0.5, 0.6) is 5.75 Å². The van der Waals surface area contributed by atoms with Gasteiger partial charge in [-0.25, -0.2) is 0 Å². The fourth-order valence-corrected chi connectivity index (χ4v) is 4.17. The number of hydrogen-bond donors (Lipinski definition) is 0. The first-order chi connectivity index (χ1) is 11.7. The summed E-state index contributed by atoms with van der Waals surface area (Å²) < 4.78 is 6.05. The van der Waals surface area contributed by atoms with E-state index in [0.717, 1.165) is 17.7 Å². The van der Waals surface area contributed by atoms with Crippen LogP contribution < -0.4 is 9.92 Å². The fourth-order valence-electron chi connectivity index (χ4n) is 2.81. The summed E-state index contributed by atoms with van der Waals surface area (Å²) in [7, 11) is -0.980. The third-order valence-electron chi connectivity index (χ3n) is 4.41. The molecule has 2 aromatic rings. The third-order valence-corrected chi connectivity index (χ3v) is 5.99. The molecule has 128 valence electrons. The monoisotopic (exact) mass is 340 g/mol. The number of carbonyl (C=O) groups excluding carboxylic acids is 1. The fraction of sp³-hybridized carbons (Fsp3) is 0.381. The molecule has 2 nitrogen and oxygen atoms in total. The van der Waals surface area contributed by atoms with Crippen LogP contribution in [0.3, 0.4) is 0 Å². The first-order valence-corrected chi connectivity index (χ1v) is 10.4. The van der Waals surface area contributed by atoms with Crippen LogP contribution in [0.1, 0.15) is 49.9 Å². The van der Waals surface area contributed by atoms with E-state index in [9.17, 15) is 4.79 Å². The number of ether oxygens (including phenoxy) is 1. The molecule has 0 fully saturated rings. The maximum Gasteiger partial charge on any atom is 0.141 e. The Bertz CT molecular complexity index is 625. The lowest BCUT2D eigenvalue weighted by Gasteiger charge is -2.17. The van der Waals surface area contributed by atoms with Crippen LogP contribution in [0.2, 0.25) is 0 Å². The van der Waals surface area contributed by atoms with Gasteiger partial charge in [-0.2, -0.15) is 0 Å². The van der Waals surface area contributed by atoms with E-state index in [4.69, 9.17) is 4.74 Å². The van der Waals surface area contributed by atoms with Crippen molar-refractivity contribution in [2.45, 2.75) is 39.5 Å². The molecule has 1 unspecified atom stereocenters. The van der Waals surface area contributed by atoms with Gasteiger partial charge in [0.2, 0.25) is 0 Å². The quantitative estimate of drug-likeness (QED) is 0.613. The standard InChI is InChI=1S/C21H28O2Si/c1-3-5-11-17(4-2)16-23-20-15-10-9-14-19(20)21(22)24-18-12-7-6-8-13-18/h6-10,12-15,17H,3-5,11,16,24H2,1-2H3. The second kappa shape index (κ2) is 10.1. The summed E-state index contributed by atoms with van der Waals surface area (Å²) in [5, 5.41) is 1.42. The van der Waals surface area contributed by atoms with Gasteiger partial charge in [-0.3, -0.25) is 0 Å². The van der Waals surface area contributed by atoms with Crippen LogP contribution in [0.4, 0.5) is 0 Å². The maximum atomic E-state index is 12.7. The number of carbonyl (C=O) groups is 1. The van der Waals surface area contributed by atoms with Crippen molar-refractivity contribution in [2.24, 2.45) is 5.92 Å². The Morgan fingerprint density at radius 1 is 1.04 bits per heavy atom. The Labute approximate surface area is 148 Å². The molecule has 1 atom stereocenters. The number of hydrogen-bond acceptors (Lipinski definition) is 2. The normalized spacial score (nSPS) is 12.4. The largest absolute Gasteiger partial charge is 0.493 e.